The first kappa shape index (κ1) is 13.4. The lowest BCUT2D eigenvalue weighted by Gasteiger charge is -2.21. The van der Waals surface area contributed by atoms with Gasteiger partial charge in [-0.05, 0) is 37.1 Å². The van der Waals surface area contributed by atoms with E-state index in [0.29, 0.717) is 0 Å². The van der Waals surface area contributed by atoms with E-state index in [9.17, 15) is 13.2 Å². The molecule has 2 rings (SSSR count). The number of hydrogen-bond donors (Lipinski definition) is 1. The number of hydrogen-bond acceptors (Lipinski definition) is 5. The quantitative estimate of drug-likeness (QED) is 0.928. The molecule has 1 N–H and O–H groups in total. The molecule has 1 aromatic rings. The van der Waals surface area contributed by atoms with E-state index < -0.39 is 16.1 Å². The van der Waals surface area contributed by atoms with Gasteiger partial charge in [-0.1, -0.05) is 12.5 Å². The number of amides is 1. The fraction of sp³-hybridized carbons (Fsp3) is 0.545. The first-order valence-electron chi connectivity index (χ1n) is 5.85. The van der Waals surface area contributed by atoms with Gasteiger partial charge in [-0.3, -0.25) is 0 Å². The zero-order valence-electron chi connectivity index (χ0n) is 9.79. The number of rotatable bonds is 3. The van der Waals surface area contributed by atoms with Crippen molar-refractivity contribution in [3.63, 3.8) is 0 Å². The van der Waals surface area contributed by atoms with Crippen LogP contribution < -0.4 is 4.72 Å². The van der Waals surface area contributed by atoms with Crippen molar-refractivity contribution in [3.8, 4) is 0 Å². The highest BCUT2D eigenvalue weighted by Gasteiger charge is 2.23. The fourth-order valence-corrected chi connectivity index (χ4v) is 3.81. The van der Waals surface area contributed by atoms with E-state index in [0.717, 1.165) is 43.4 Å². The maximum atomic E-state index is 11.7. The van der Waals surface area contributed by atoms with Crippen LogP contribution in [-0.4, -0.2) is 20.6 Å². The number of thiophene rings is 1. The Balaban J connectivity index is 1.91. The van der Waals surface area contributed by atoms with Crippen molar-refractivity contribution in [3.05, 3.63) is 17.5 Å². The zero-order valence-corrected chi connectivity index (χ0v) is 11.4. The normalized spacial score (nSPS) is 17.3. The van der Waals surface area contributed by atoms with Crippen molar-refractivity contribution >= 4 is 27.5 Å². The number of nitrogens with one attached hydrogen (secondary N) is 1. The maximum absolute atomic E-state index is 11.7. The Hall–Kier alpha value is -1.08. The van der Waals surface area contributed by atoms with Crippen molar-refractivity contribution < 1.29 is 17.9 Å². The lowest BCUT2D eigenvalue weighted by Crippen LogP contribution is -2.34. The molecular weight excluding hydrogens is 274 g/mol. The minimum Gasteiger partial charge on any atom is -0.446 e. The third-order valence-corrected chi connectivity index (χ3v) is 5.51. The van der Waals surface area contributed by atoms with Gasteiger partial charge in [0.2, 0.25) is 0 Å². The molecule has 0 bridgehead atoms. The molecule has 0 atom stereocenters. The van der Waals surface area contributed by atoms with E-state index in [1.807, 2.05) is 4.72 Å². The number of sulfonamides is 1. The SMILES string of the molecule is O=C(NS(=O)(=O)c1cccs1)OC1CCCCC1. The fourth-order valence-electron chi connectivity index (χ4n) is 1.93. The predicted octanol–water partition coefficient (Wildman–Crippen LogP) is 2.50. The minimum absolute atomic E-state index is 0.114. The van der Waals surface area contributed by atoms with Crippen LogP contribution >= 0.6 is 11.3 Å². The molecule has 1 aromatic heterocycles. The summed E-state index contributed by atoms with van der Waals surface area (Å²) in [6.07, 6.45) is 3.78. The molecule has 0 aromatic carbocycles. The molecule has 5 nitrogen and oxygen atoms in total. The highest BCUT2D eigenvalue weighted by atomic mass is 32.2. The van der Waals surface area contributed by atoms with Crippen LogP contribution in [0.1, 0.15) is 32.1 Å². The highest BCUT2D eigenvalue weighted by molar-refractivity contribution is 7.92. The summed E-state index contributed by atoms with van der Waals surface area (Å²) in [5.41, 5.74) is 0. The van der Waals surface area contributed by atoms with E-state index in [-0.39, 0.29) is 10.3 Å². The van der Waals surface area contributed by atoms with Gasteiger partial charge in [0.05, 0.1) is 0 Å². The van der Waals surface area contributed by atoms with Crippen LogP contribution in [0.25, 0.3) is 0 Å². The van der Waals surface area contributed by atoms with E-state index >= 15 is 0 Å². The molecule has 7 heteroatoms. The Morgan fingerprint density at radius 2 is 2.06 bits per heavy atom. The highest BCUT2D eigenvalue weighted by Crippen LogP contribution is 2.21. The van der Waals surface area contributed by atoms with Gasteiger partial charge in [0.15, 0.2) is 0 Å². The molecule has 1 amide bonds. The van der Waals surface area contributed by atoms with E-state index in [1.165, 1.54) is 6.07 Å². The van der Waals surface area contributed by atoms with Gasteiger partial charge in [0.25, 0.3) is 10.0 Å². The first-order valence-corrected chi connectivity index (χ1v) is 8.21. The van der Waals surface area contributed by atoms with Crippen molar-refractivity contribution in [2.75, 3.05) is 0 Å². The summed E-state index contributed by atoms with van der Waals surface area (Å²) >= 11 is 1.06. The van der Waals surface area contributed by atoms with Gasteiger partial charge in [0, 0.05) is 0 Å². The second kappa shape index (κ2) is 5.71. The largest absolute Gasteiger partial charge is 0.446 e. The van der Waals surface area contributed by atoms with Crippen molar-refractivity contribution in [2.45, 2.75) is 42.4 Å². The molecule has 1 saturated carbocycles. The van der Waals surface area contributed by atoms with Gasteiger partial charge in [0.1, 0.15) is 10.3 Å². The van der Waals surface area contributed by atoms with Crippen LogP contribution in [0.15, 0.2) is 21.7 Å². The molecule has 0 radical (unpaired) electrons. The molecule has 0 aliphatic heterocycles. The Morgan fingerprint density at radius 1 is 1.33 bits per heavy atom. The van der Waals surface area contributed by atoms with Crippen molar-refractivity contribution in [1.82, 2.24) is 4.72 Å². The van der Waals surface area contributed by atoms with E-state index in [2.05, 4.69) is 0 Å². The molecule has 100 valence electrons. The molecule has 1 aliphatic carbocycles. The number of carbonyl (C=O) groups excluding carboxylic acids is 1. The van der Waals surface area contributed by atoms with Gasteiger partial charge in [-0.25, -0.2) is 17.9 Å². The molecule has 0 saturated heterocycles. The second-order valence-corrected chi connectivity index (χ2v) is 7.06. The molecule has 0 unspecified atom stereocenters. The van der Waals surface area contributed by atoms with Crippen LogP contribution in [-0.2, 0) is 14.8 Å². The summed E-state index contributed by atoms with van der Waals surface area (Å²) in [5.74, 6) is 0. The Morgan fingerprint density at radius 3 is 2.67 bits per heavy atom. The van der Waals surface area contributed by atoms with E-state index in [4.69, 9.17) is 4.74 Å². The summed E-state index contributed by atoms with van der Waals surface area (Å²) in [5, 5.41) is 1.64. The third-order valence-electron chi connectivity index (χ3n) is 2.80. The van der Waals surface area contributed by atoms with Gasteiger partial charge >= 0.3 is 6.09 Å². The average molecular weight is 289 g/mol. The summed E-state index contributed by atoms with van der Waals surface area (Å²) < 4.78 is 30.6. The molecule has 18 heavy (non-hydrogen) atoms. The molecular formula is C11H15NO4S2. The van der Waals surface area contributed by atoms with Gasteiger partial charge in [-0.15, -0.1) is 11.3 Å². The van der Waals surface area contributed by atoms with Crippen LogP contribution in [0.4, 0.5) is 4.79 Å². The lowest BCUT2D eigenvalue weighted by molar-refractivity contribution is 0.0798. The number of ether oxygens (including phenoxy) is 1. The van der Waals surface area contributed by atoms with Crippen LogP contribution in [0.3, 0.4) is 0 Å². The second-order valence-electron chi connectivity index (χ2n) is 4.20. The summed E-state index contributed by atoms with van der Waals surface area (Å²) in [6.45, 7) is 0. The molecule has 1 fully saturated rings. The zero-order chi connectivity index (χ0) is 13.0. The third kappa shape index (κ3) is 3.46. The predicted molar refractivity (Wildman–Crippen MR) is 68.0 cm³/mol. The average Bonchev–Trinajstić information content (AvgIpc) is 2.83. The Labute approximate surface area is 110 Å². The van der Waals surface area contributed by atoms with Crippen LogP contribution in [0, 0.1) is 0 Å². The van der Waals surface area contributed by atoms with Crippen LogP contribution in [0.2, 0.25) is 0 Å². The minimum atomic E-state index is -3.77. The maximum Gasteiger partial charge on any atom is 0.421 e. The van der Waals surface area contributed by atoms with Gasteiger partial charge in [-0.2, -0.15) is 0 Å². The lowest BCUT2D eigenvalue weighted by atomic mass is 9.98. The topological polar surface area (TPSA) is 72.5 Å². The van der Waals surface area contributed by atoms with Crippen LogP contribution in [0.5, 0.6) is 0 Å². The summed E-state index contributed by atoms with van der Waals surface area (Å²) in [7, 11) is -3.77. The van der Waals surface area contributed by atoms with Gasteiger partial charge < -0.3 is 4.74 Å². The Bertz CT molecular complexity index is 489. The summed E-state index contributed by atoms with van der Waals surface area (Å²) in [6, 6.07) is 3.06. The monoisotopic (exact) mass is 289 g/mol. The van der Waals surface area contributed by atoms with Crippen molar-refractivity contribution in [2.24, 2.45) is 0 Å². The Kier molecular flexibility index (Phi) is 4.23. The first-order chi connectivity index (χ1) is 8.58. The van der Waals surface area contributed by atoms with E-state index in [1.54, 1.807) is 11.4 Å². The summed E-state index contributed by atoms with van der Waals surface area (Å²) in [4.78, 5) is 11.5. The molecule has 0 spiro atoms. The smallest absolute Gasteiger partial charge is 0.421 e. The molecule has 1 aliphatic rings. The standard InChI is InChI=1S/C11H15NO4S2/c13-11(16-9-5-2-1-3-6-9)12-18(14,15)10-7-4-8-17-10/h4,7-9H,1-3,5-6H2,(H,12,13). The van der Waals surface area contributed by atoms with Crippen molar-refractivity contribution in [1.29, 1.82) is 0 Å². The molecule has 1 heterocycles. The number of carbonyl (C=O) groups is 1.